The molecule has 1 aliphatic carbocycles. The minimum Gasteiger partial charge on any atom is -0.303 e. The Bertz CT molecular complexity index is 319. The molecule has 4 nitrogen and oxygen atoms in total. The van der Waals surface area contributed by atoms with Gasteiger partial charge in [0, 0.05) is 24.7 Å². The molecule has 1 saturated carbocycles. The topological polar surface area (TPSA) is 35.6 Å². The number of nitrogens with zero attached hydrogens (tertiary/aromatic N) is 2. The van der Waals surface area contributed by atoms with Crippen LogP contribution in [0.3, 0.4) is 0 Å². The molecule has 1 amide bonds. The van der Waals surface area contributed by atoms with Crippen molar-refractivity contribution in [2.24, 2.45) is 0 Å². The van der Waals surface area contributed by atoms with E-state index in [4.69, 9.17) is 0 Å². The quantitative estimate of drug-likeness (QED) is 0.826. The molecule has 4 heteroatoms. The largest absolute Gasteiger partial charge is 0.303 e. The third-order valence-corrected chi connectivity index (χ3v) is 4.62. The molecule has 0 radical (unpaired) electrons. The van der Waals surface area contributed by atoms with Gasteiger partial charge in [-0.05, 0) is 46.0 Å². The average Bonchev–Trinajstić information content (AvgIpc) is 3.07. The minimum absolute atomic E-state index is 0.0822. The van der Waals surface area contributed by atoms with Gasteiger partial charge in [-0.15, -0.1) is 0 Å². The predicted octanol–water partition coefficient (Wildman–Crippen LogP) is 1.52. The molecule has 18 heavy (non-hydrogen) atoms. The lowest BCUT2D eigenvalue weighted by Crippen LogP contribution is -2.56. The molecule has 3 aliphatic rings. The molecular weight excluding hydrogens is 226 g/mol. The standard InChI is InChI=1S/C14H25N3O/c1-10-4-3-5-11(2)17(10)16-9-8-13(14(16)18)15-12-6-7-12/h10-13,15H,3-9H2,1-2H3. The van der Waals surface area contributed by atoms with Crippen LogP contribution in [0.1, 0.15) is 52.4 Å². The SMILES string of the molecule is CC1CCCC(C)N1N1CCC(NC2CC2)C1=O. The fraction of sp³-hybridized carbons (Fsp3) is 0.929. The summed E-state index contributed by atoms with van der Waals surface area (Å²) >= 11 is 0. The van der Waals surface area contributed by atoms with Gasteiger partial charge < -0.3 is 5.32 Å². The van der Waals surface area contributed by atoms with Crippen molar-refractivity contribution in [1.82, 2.24) is 15.3 Å². The average molecular weight is 251 g/mol. The number of carbonyl (C=O) groups excluding carboxylic acids is 1. The first kappa shape index (κ1) is 12.4. The number of rotatable bonds is 3. The van der Waals surface area contributed by atoms with Gasteiger partial charge in [0.15, 0.2) is 0 Å². The third kappa shape index (κ3) is 2.28. The Kier molecular flexibility index (Phi) is 3.32. The van der Waals surface area contributed by atoms with E-state index in [1.165, 1.54) is 32.1 Å². The highest BCUT2D eigenvalue weighted by atomic mass is 16.2. The van der Waals surface area contributed by atoms with Crippen LogP contribution < -0.4 is 5.32 Å². The Hall–Kier alpha value is -0.610. The molecule has 1 N–H and O–H groups in total. The Morgan fingerprint density at radius 2 is 1.72 bits per heavy atom. The van der Waals surface area contributed by atoms with Crippen LogP contribution in [-0.4, -0.2) is 46.6 Å². The smallest absolute Gasteiger partial charge is 0.254 e. The summed E-state index contributed by atoms with van der Waals surface area (Å²) in [7, 11) is 0. The van der Waals surface area contributed by atoms with Crippen molar-refractivity contribution in [2.75, 3.05) is 6.54 Å². The molecule has 0 aromatic rings. The molecule has 3 atom stereocenters. The summed E-state index contributed by atoms with van der Waals surface area (Å²) in [5.74, 6) is 0.308. The van der Waals surface area contributed by atoms with Crippen molar-refractivity contribution < 1.29 is 4.79 Å². The maximum atomic E-state index is 12.5. The van der Waals surface area contributed by atoms with Crippen LogP contribution in [0, 0.1) is 0 Å². The van der Waals surface area contributed by atoms with Crippen LogP contribution in [0.4, 0.5) is 0 Å². The van der Waals surface area contributed by atoms with Crippen LogP contribution in [0.2, 0.25) is 0 Å². The van der Waals surface area contributed by atoms with Gasteiger partial charge in [0.2, 0.25) is 0 Å². The summed E-state index contributed by atoms with van der Waals surface area (Å²) in [5, 5.41) is 7.87. The molecule has 102 valence electrons. The van der Waals surface area contributed by atoms with Crippen molar-refractivity contribution in [3.8, 4) is 0 Å². The van der Waals surface area contributed by atoms with Crippen molar-refractivity contribution in [2.45, 2.75) is 76.5 Å². The number of piperidine rings is 1. The van der Waals surface area contributed by atoms with E-state index in [0.717, 1.165) is 13.0 Å². The van der Waals surface area contributed by atoms with Crippen LogP contribution in [0.15, 0.2) is 0 Å². The predicted molar refractivity (Wildman–Crippen MR) is 70.9 cm³/mol. The highest BCUT2D eigenvalue weighted by Gasteiger charge is 2.41. The van der Waals surface area contributed by atoms with Crippen molar-refractivity contribution in [1.29, 1.82) is 0 Å². The molecule has 2 saturated heterocycles. The third-order valence-electron chi connectivity index (χ3n) is 4.62. The number of hydrazine groups is 1. The highest BCUT2D eigenvalue weighted by Crippen LogP contribution is 2.29. The van der Waals surface area contributed by atoms with Gasteiger partial charge in [-0.1, -0.05) is 6.42 Å². The monoisotopic (exact) mass is 251 g/mol. The summed E-state index contributed by atoms with van der Waals surface area (Å²) in [6.45, 7) is 5.41. The summed E-state index contributed by atoms with van der Waals surface area (Å²) in [5.41, 5.74) is 0. The van der Waals surface area contributed by atoms with E-state index in [1.807, 2.05) is 5.01 Å². The second-order valence-corrected chi connectivity index (χ2v) is 6.25. The number of nitrogens with one attached hydrogen (secondary N) is 1. The summed E-state index contributed by atoms with van der Waals surface area (Å²) < 4.78 is 0. The molecular formula is C14H25N3O. The molecule has 3 unspecified atom stereocenters. The molecule has 2 heterocycles. The second-order valence-electron chi connectivity index (χ2n) is 6.25. The lowest BCUT2D eigenvalue weighted by Gasteiger charge is -2.44. The van der Waals surface area contributed by atoms with E-state index >= 15 is 0 Å². The molecule has 2 aliphatic heterocycles. The lowest BCUT2D eigenvalue weighted by molar-refractivity contribution is -0.157. The van der Waals surface area contributed by atoms with Gasteiger partial charge in [-0.3, -0.25) is 9.80 Å². The minimum atomic E-state index is 0.0822. The Morgan fingerprint density at radius 1 is 1.06 bits per heavy atom. The van der Waals surface area contributed by atoms with Crippen LogP contribution >= 0.6 is 0 Å². The zero-order valence-electron chi connectivity index (χ0n) is 11.6. The number of hydrogen-bond acceptors (Lipinski definition) is 3. The van der Waals surface area contributed by atoms with E-state index in [0.29, 0.717) is 24.0 Å². The molecule has 3 rings (SSSR count). The Morgan fingerprint density at radius 3 is 2.33 bits per heavy atom. The van der Waals surface area contributed by atoms with Gasteiger partial charge in [-0.25, -0.2) is 5.01 Å². The highest BCUT2D eigenvalue weighted by molar-refractivity contribution is 5.83. The van der Waals surface area contributed by atoms with Crippen LogP contribution in [-0.2, 0) is 4.79 Å². The summed E-state index contributed by atoms with van der Waals surface area (Å²) in [4.78, 5) is 12.5. The summed E-state index contributed by atoms with van der Waals surface area (Å²) in [6, 6.07) is 1.73. The lowest BCUT2D eigenvalue weighted by atomic mass is 9.99. The number of carbonyl (C=O) groups is 1. The Balaban J connectivity index is 1.66. The first-order valence-electron chi connectivity index (χ1n) is 7.52. The van der Waals surface area contributed by atoms with Gasteiger partial charge in [0.1, 0.15) is 0 Å². The maximum absolute atomic E-state index is 12.5. The van der Waals surface area contributed by atoms with Gasteiger partial charge in [0.05, 0.1) is 6.04 Å². The maximum Gasteiger partial charge on any atom is 0.254 e. The zero-order valence-corrected chi connectivity index (χ0v) is 11.6. The molecule has 0 spiro atoms. The molecule has 0 bridgehead atoms. The van der Waals surface area contributed by atoms with Gasteiger partial charge in [0.25, 0.3) is 5.91 Å². The fourth-order valence-corrected chi connectivity index (χ4v) is 3.47. The zero-order chi connectivity index (χ0) is 12.7. The van der Waals surface area contributed by atoms with Crippen LogP contribution in [0.5, 0.6) is 0 Å². The van der Waals surface area contributed by atoms with Crippen molar-refractivity contribution in [3.63, 3.8) is 0 Å². The van der Waals surface area contributed by atoms with Crippen molar-refractivity contribution >= 4 is 5.91 Å². The Labute approximate surface area is 110 Å². The molecule has 0 aromatic heterocycles. The first-order valence-corrected chi connectivity index (χ1v) is 7.52. The normalized spacial score (nSPS) is 38.4. The van der Waals surface area contributed by atoms with E-state index in [-0.39, 0.29) is 6.04 Å². The van der Waals surface area contributed by atoms with Gasteiger partial charge in [-0.2, -0.15) is 0 Å². The molecule has 3 fully saturated rings. The van der Waals surface area contributed by atoms with Crippen molar-refractivity contribution in [3.05, 3.63) is 0 Å². The van der Waals surface area contributed by atoms with Gasteiger partial charge >= 0.3 is 0 Å². The number of hydrogen-bond donors (Lipinski definition) is 1. The molecule has 0 aromatic carbocycles. The first-order chi connectivity index (χ1) is 8.66. The second kappa shape index (κ2) is 4.82. The number of amides is 1. The van der Waals surface area contributed by atoms with E-state index in [2.05, 4.69) is 24.2 Å². The van der Waals surface area contributed by atoms with Crippen LogP contribution in [0.25, 0.3) is 0 Å². The fourth-order valence-electron chi connectivity index (χ4n) is 3.47. The van der Waals surface area contributed by atoms with E-state index in [1.54, 1.807) is 0 Å². The summed E-state index contributed by atoms with van der Waals surface area (Å²) in [6.07, 6.45) is 7.21. The van der Waals surface area contributed by atoms with E-state index < -0.39 is 0 Å². The van der Waals surface area contributed by atoms with E-state index in [9.17, 15) is 4.79 Å².